The monoisotopic (exact) mass is 415 g/mol. The third kappa shape index (κ3) is 3.48. The molecule has 0 radical (unpaired) electrons. The van der Waals surface area contributed by atoms with Crippen molar-refractivity contribution in [1.29, 1.82) is 0 Å². The van der Waals surface area contributed by atoms with Crippen LogP contribution in [0.25, 0.3) is 0 Å². The third-order valence-electron chi connectivity index (χ3n) is 2.88. The summed E-state index contributed by atoms with van der Waals surface area (Å²) in [6, 6.07) is 15.2. The van der Waals surface area contributed by atoms with Crippen LogP contribution in [0.1, 0.15) is 24.1 Å². The quantitative estimate of drug-likeness (QED) is 0.649. The zero-order valence-electron chi connectivity index (χ0n) is 10.4. The van der Waals surface area contributed by atoms with Crippen LogP contribution in [0.4, 0.5) is 5.69 Å². The van der Waals surface area contributed by atoms with Gasteiger partial charge >= 0.3 is 0 Å². The van der Waals surface area contributed by atoms with Gasteiger partial charge in [0.1, 0.15) is 0 Å². The van der Waals surface area contributed by atoms with Crippen molar-refractivity contribution in [2.75, 3.05) is 5.32 Å². The Morgan fingerprint density at radius 3 is 2.44 bits per heavy atom. The van der Waals surface area contributed by atoms with E-state index >= 15 is 0 Å². The topological polar surface area (TPSA) is 12.0 Å². The molecule has 1 nitrogen and oxygen atoms in total. The van der Waals surface area contributed by atoms with Crippen LogP contribution in [0.2, 0.25) is 0 Å². The van der Waals surface area contributed by atoms with Gasteiger partial charge in [0.05, 0.1) is 0 Å². The van der Waals surface area contributed by atoms with Gasteiger partial charge in [0.15, 0.2) is 0 Å². The van der Waals surface area contributed by atoms with Crippen LogP contribution in [-0.2, 0) is 0 Å². The predicted octanol–water partition coefficient (Wildman–Crippen LogP) is 5.54. The summed E-state index contributed by atoms with van der Waals surface area (Å²) < 4.78 is 2.33. The van der Waals surface area contributed by atoms with Crippen LogP contribution >= 0.6 is 38.5 Å². The van der Waals surface area contributed by atoms with E-state index in [0.29, 0.717) is 6.04 Å². The Morgan fingerprint density at radius 1 is 1.11 bits per heavy atom. The van der Waals surface area contributed by atoms with Crippen LogP contribution in [0.3, 0.4) is 0 Å². The molecule has 2 aromatic carbocycles. The zero-order valence-corrected chi connectivity index (χ0v) is 14.1. The highest BCUT2D eigenvalue weighted by molar-refractivity contribution is 14.1. The summed E-state index contributed by atoms with van der Waals surface area (Å²) in [5.74, 6) is 0. The summed E-state index contributed by atoms with van der Waals surface area (Å²) in [5, 5.41) is 3.55. The number of rotatable bonds is 3. The summed E-state index contributed by atoms with van der Waals surface area (Å²) in [6.45, 7) is 4.29. The van der Waals surface area contributed by atoms with Gasteiger partial charge in [-0.25, -0.2) is 0 Å². The minimum atomic E-state index is 0.299. The van der Waals surface area contributed by atoms with Gasteiger partial charge in [-0.3, -0.25) is 0 Å². The molecule has 0 aliphatic rings. The van der Waals surface area contributed by atoms with Crippen LogP contribution < -0.4 is 5.32 Å². The van der Waals surface area contributed by atoms with Crippen LogP contribution in [-0.4, -0.2) is 0 Å². The van der Waals surface area contributed by atoms with Crippen molar-refractivity contribution >= 4 is 44.2 Å². The number of aryl methyl sites for hydroxylation is 1. The molecule has 1 unspecified atom stereocenters. The largest absolute Gasteiger partial charge is 0.378 e. The number of hydrogen-bond acceptors (Lipinski definition) is 1. The Kier molecular flexibility index (Phi) is 4.67. The van der Waals surface area contributed by atoms with Gasteiger partial charge in [-0.15, -0.1) is 0 Å². The number of nitrogens with one attached hydrogen (secondary N) is 1. The minimum Gasteiger partial charge on any atom is -0.378 e. The number of benzene rings is 2. The van der Waals surface area contributed by atoms with E-state index in [0.717, 1.165) is 10.2 Å². The van der Waals surface area contributed by atoms with Crippen molar-refractivity contribution in [2.24, 2.45) is 0 Å². The second-order valence-corrected chi connectivity index (χ2v) is 6.48. The summed E-state index contributed by atoms with van der Waals surface area (Å²) in [4.78, 5) is 0. The molecule has 2 aromatic rings. The number of hydrogen-bond donors (Lipinski definition) is 1. The molecule has 0 fully saturated rings. The van der Waals surface area contributed by atoms with E-state index in [-0.39, 0.29) is 0 Å². The highest BCUT2D eigenvalue weighted by Crippen LogP contribution is 2.27. The van der Waals surface area contributed by atoms with Crippen molar-refractivity contribution in [3.05, 3.63) is 61.6 Å². The van der Waals surface area contributed by atoms with Crippen LogP contribution in [0.5, 0.6) is 0 Å². The Bertz CT molecular complexity index is 537. The molecule has 0 aliphatic heterocycles. The fourth-order valence-corrected chi connectivity index (χ4v) is 2.63. The first-order valence-electron chi connectivity index (χ1n) is 5.84. The number of halogens is 2. The third-order valence-corrected chi connectivity index (χ3v) is 4.31. The molecule has 0 aliphatic carbocycles. The van der Waals surface area contributed by atoms with E-state index in [9.17, 15) is 0 Å². The predicted molar refractivity (Wildman–Crippen MR) is 90.1 cm³/mol. The van der Waals surface area contributed by atoms with E-state index in [1.54, 1.807) is 0 Å². The zero-order chi connectivity index (χ0) is 13.1. The average Bonchev–Trinajstić information content (AvgIpc) is 2.34. The number of anilines is 1. The second kappa shape index (κ2) is 6.06. The first-order chi connectivity index (χ1) is 8.56. The fraction of sp³-hybridized carbons (Fsp3) is 0.200. The van der Waals surface area contributed by atoms with E-state index in [1.807, 2.05) is 0 Å². The highest BCUT2D eigenvalue weighted by Gasteiger charge is 2.07. The van der Waals surface area contributed by atoms with E-state index < -0.39 is 0 Å². The molecule has 0 saturated carbocycles. The molecular formula is C15H15BrIN. The Labute approximate surface area is 130 Å². The normalized spacial score (nSPS) is 12.2. The molecule has 94 valence electrons. The maximum atomic E-state index is 3.55. The van der Waals surface area contributed by atoms with Crippen molar-refractivity contribution < 1.29 is 0 Å². The lowest BCUT2D eigenvalue weighted by atomic mass is 10.1. The summed E-state index contributed by atoms with van der Waals surface area (Å²) in [5.41, 5.74) is 3.76. The molecule has 1 N–H and O–H groups in total. The van der Waals surface area contributed by atoms with Gasteiger partial charge in [-0.1, -0.05) is 45.8 Å². The average molecular weight is 416 g/mol. The molecule has 3 heteroatoms. The molecule has 18 heavy (non-hydrogen) atoms. The van der Waals surface area contributed by atoms with Gasteiger partial charge in [0.25, 0.3) is 0 Å². The van der Waals surface area contributed by atoms with Crippen molar-refractivity contribution in [3.8, 4) is 0 Å². The molecule has 1 atom stereocenters. The standard InChI is InChI=1S/C15H15BrIN/c1-10-3-5-12(6-4-10)11(2)18-15-9-13(16)7-8-14(15)17/h3-9,11,18H,1-2H3. The molecule has 0 amide bonds. The first kappa shape index (κ1) is 13.9. The molecule has 2 rings (SSSR count). The molecular weight excluding hydrogens is 401 g/mol. The Hall–Kier alpha value is -0.550. The highest BCUT2D eigenvalue weighted by atomic mass is 127. The smallest absolute Gasteiger partial charge is 0.0491 e. The molecule has 0 spiro atoms. The fourth-order valence-electron chi connectivity index (χ4n) is 1.78. The van der Waals surface area contributed by atoms with Gasteiger partial charge in [0, 0.05) is 19.8 Å². The van der Waals surface area contributed by atoms with Crippen LogP contribution in [0, 0.1) is 10.5 Å². The molecule has 0 bridgehead atoms. The van der Waals surface area contributed by atoms with Gasteiger partial charge in [-0.2, -0.15) is 0 Å². The molecule has 0 saturated heterocycles. The lowest BCUT2D eigenvalue weighted by Crippen LogP contribution is -2.07. The minimum absolute atomic E-state index is 0.299. The van der Waals surface area contributed by atoms with Crippen LogP contribution in [0.15, 0.2) is 46.9 Å². The molecule has 0 heterocycles. The lowest BCUT2D eigenvalue weighted by molar-refractivity contribution is 0.882. The Morgan fingerprint density at radius 2 is 1.78 bits per heavy atom. The summed E-state index contributed by atoms with van der Waals surface area (Å²) >= 11 is 5.86. The SMILES string of the molecule is Cc1ccc(C(C)Nc2cc(Br)ccc2I)cc1. The van der Waals surface area contributed by atoms with Crippen molar-refractivity contribution in [1.82, 2.24) is 0 Å². The Balaban J connectivity index is 2.18. The lowest BCUT2D eigenvalue weighted by Gasteiger charge is -2.17. The summed E-state index contributed by atoms with van der Waals surface area (Å²) in [6.07, 6.45) is 0. The van der Waals surface area contributed by atoms with E-state index in [2.05, 4.69) is 100 Å². The van der Waals surface area contributed by atoms with E-state index in [4.69, 9.17) is 0 Å². The molecule has 0 aromatic heterocycles. The van der Waals surface area contributed by atoms with E-state index in [1.165, 1.54) is 14.7 Å². The van der Waals surface area contributed by atoms with Gasteiger partial charge in [-0.05, 0) is 60.2 Å². The maximum Gasteiger partial charge on any atom is 0.0491 e. The van der Waals surface area contributed by atoms with Crippen molar-refractivity contribution in [2.45, 2.75) is 19.9 Å². The van der Waals surface area contributed by atoms with Gasteiger partial charge < -0.3 is 5.32 Å². The van der Waals surface area contributed by atoms with Gasteiger partial charge in [0.2, 0.25) is 0 Å². The van der Waals surface area contributed by atoms with Crippen molar-refractivity contribution in [3.63, 3.8) is 0 Å². The second-order valence-electron chi connectivity index (χ2n) is 4.40. The maximum absolute atomic E-state index is 3.55. The first-order valence-corrected chi connectivity index (χ1v) is 7.71. The summed E-state index contributed by atoms with van der Waals surface area (Å²) in [7, 11) is 0.